The summed E-state index contributed by atoms with van der Waals surface area (Å²) in [6, 6.07) is 3.76. The maximum absolute atomic E-state index is 13.6. The second kappa shape index (κ2) is 7.19. The van der Waals surface area contributed by atoms with Crippen molar-refractivity contribution in [2.75, 3.05) is 12.4 Å². The molecular weight excluding hydrogens is 414 g/mol. The van der Waals surface area contributed by atoms with Gasteiger partial charge in [-0.3, -0.25) is 4.79 Å². The monoisotopic (exact) mass is 449 g/mol. The summed E-state index contributed by atoms with van der Waals surface area (Å²) in [5.41, 5.74) is 1.93. The number of nitrogens with zero attached hydrogens (tertiary/aromatic N) is 2. The largest absolute Gasteiger partial charge is 0.390 e. The number of anilines is 1. The van der Waals surface area contributed by atoms with E-state index in [-0.39, 0.29) is 11.9 Å². The van der Waals surface area contributed by atoms with E-state index in [9.17, 15) is 9.90 Å². The first-order valence-corrected chi connectivity index (χ1v) is 12.9. The average Bonchev–Trinajstić information content (AvgIpc) is 3.30. The number of aliphatic hydroxyl groups is 1. The quantitative estimate of drug-likeness (QED) is 0.575. The third-order valence-electron chi connectivity index (χ3n) is 9.82. The van der Waals surface area contributed by atoms with Crippen LogP contribution in [0.15, 0.2) is 18.5 Å². The van der Waals surface area contributed by atoms with E-state index in [1.165, 1.54) is 25.7 Å². The van der Waals surface area contributed by atoms with Crippen molar-refractivity contribution < 1.29 is 9.90 Å². The molecule has 2 aromatic rings. The van der Waals surface area contributed by atoms with Gasteiger partial charge in [0.25, 0.3) is 5.91 Å². The van der Waals surface area contributed by atoms with E-state index < -0.39 is 5.60 Å². The Morgan fingerprint density at radius 1 is 1.15 bits per heavy atom. The molecule has 4 atom stereocenters. The van der Waals surface area contributed by atoms with Crippen molar-refractivity contribution in [3.63, 3.8) is 0 Å². The van der Waals surface area contributed by atoms with E-state index in [1.54, 1.807) is 6.20 Å². The Hall–Kier alpha value is -2.12. The van der Waals surface area contributed by atoms with Crippen LogP contribution in [0.3, 0.4) is 0 Å². The number of hydrogen-bond donors (Lipinski definition) is 4. The smallest absolute Gasteiger partial charge is 0.255 e. The molecule has 2 unspecified atom stereocenters. The molecule has 4 aliphatic carbocycles. The van der Waals surface area contributed by atoms with Gasteiger partial charge in [-0.1, -0.05) is 0 Å². The predicted octanol–water partition coefficient (Wildman–Crippen LogP) is 3.27. The average molecular weight is 450 g/mol. The molecule has 4 saturated carbocycles. The summed E-state index contributed by atoms with van der Waals surface area (Å²) >= 11 is 0. The van der Waals surface area contributed by atoms with Crippen LogP contribution in [0.2, 0.25) is 0 Å². The van der Waals surface area contributed by atoms with E-state index >= 15 is 0 Å². The molecule has 1 amide bonds. The van der Waals surface area contributed by atoms with Crippen molar-refractivity contribution in [3.05, 3.63) is 24.0 Å². The van der Waals surface area contributed by atoms with Gasteiger partial charge in [-0.2, -0.15) is 0 Å². The lowest BCUT2D eigenvalue weighted by atomic mass is 9.52. The van der Waals surface area contributed by atoms with Gasteiger partial charge in [0.05, 0.1) is 16.9 Å². The number of hydrogen-bond acceptors (Lipinski definition) is 5. The molecule has 2 aromatic heterocycles. The van der Waals surface area contributed by atoms with Gasteiger partial charge in [0.1, 0.15) is 5.65 Å². The summed E-state index contributed by atoms with van der Waals surface area (Å²) in [6.07, 6.45) is 13.3. The van der Waals surface area contributed by atoms with E-state index in [4.69, 9.17) is 0 Å². The van der Waals surface area contributed by atoms with Crippen LogP contribution in [0.25, 0.3) is 11.0 Å². The van der Waals surface area contributed by atoms with Crippen molar-refractivity contribution in [2.45, 2.75) is 87.6 Å². The second-order valence-corrected chi connectivity index (χ2v) is 11.8. The summed E-state index contributed by atoms with van der Waals surface area (Å²) in [4.78, 5) is 23.8. The Labute approximate surface area is 194 Å². The molecule has 8 rings (SSSR count). The topological polar surface area (TPSA) is 93.3 Å². The first-order valence-electron chi connectivity index (χ1n) is 12.9. The zero-order valence-electron chi connectivity index (χ0n) is 19.4. The molecule has 6 bridgehead atoms. The molecule has 0 spiro atoms. The molecule has 6 fully saturated rings. The summed E-state index contributed by atoms with van der Waals surface area (Å²) in [6.45, 7) is 0. The number of carbonyl (C=O) groups is 1. The fourth-order valence-corrected chi connectivity index (χ4v) is 8.51. The minimum absolute atomic E-state index is 0.00972. The predicted molar refractivity (Wildman–Crippen MR) is 127 cm³/mol. The maximum Gasteiger partial charge on any atom is 0.255 e. The van der Waals surface area contributed by atoms with Crippen LogP contribution < -0.4 is 10.6 Å². The Balaban J connectivity index is 1.17. The Morgan fingerprint density at radius 2 is 1.88 bits per heavy atom. The highest BCUT2D eigenvalue weighted by Gasteiger charge is 2.55. The zero-order chi connectivity index (χ0) is 22.3. The summed E-state index contributed by atoms with van der Waals surface area (Å²) < 4.78 is 0. The Morgan fingerprint density at radius 3 is 2.58 bits per heavy atom. The standard InChI is InChI=1S/C26H35N5O2/c1-31-18-2-3-19(31)9-17(8-18)29-25(32)21-13-28-24-20(4-5-27-24)23(21)30-22-15-6-14-7-16(22)12-26(33,10-14)11-15/h4-5,13-19,22,33H,2-3,6-12H2,1H3,(H,29,32)(H2,27,28,30)/t14?,15?,16?,18-,19-,22?,26?/m0/s1. The summed E-state index contributed by atoms with van der Waals surface area (Å²) in [7, 11) is 2.23. The molecule has 33 heavy (non-hydrogen) atoms. The van der Waals surface area contributed by atoms with E-state index in [0.29, 0.717) is 41.4 Å². The number of nitrogens with one attached hydrogen (secondary N) is 3. The lowest BCUT2D eigenvalue weighted by Crippen LogP contribution is -2.59. The highest BCUT2D eigenvalue weighted by molar-refractivity contribution is 6.06. The number of aromatic amines is 1. The number of piperidine rings is 1. The lowest BCUT2D eigenvalue weighted by molar-refractivity contribution is -0.129. The van der Waals surface area contributed by atoms with Gasteiger partial charge in [-0.05, 0) is 88.7 Å². The fraction of sp³-hybridized carbons (Fsp3) is 0.692. The van der Waals surface area contributed by atoms with Crippen LogP contribution in [0.1, 0.15) is 68.1 Å². The zero-order valence-corrected chi connectivity index (χ0v) is 19.4. The third-order valence-corrected chi connectivity index (χ3v) is 9.82. The minimum Gasteiger partial charge on any atom is -0.390 e. The molecule has 6 aliphatic rings. The molecule has 2 saturated heterocycles. The first-order chi connectivity index (χ1) is 16.0. The summed E-state index contributed by atoms with van der Waals surface area (Å²) in [5, 5.41) is 19.2. The number of H-pyrrole nitrogens is 1. The van der Waals surface area contributed by atoms with Crippen LogP contribution in [0.5, 0.6) is 0 Å². The first kappa shape index (κ1) is 20.3. The summed E-state index contributed by atoms with van der Waals surface area (Å²) in [5.74, 6) is 1.61. The van der Waals surface area contributed by atoms with Crippen molar-refractivity contribution in [2.24, 2.45) is 17.8 Å². The van der Waals surface area contributed by atoms with E-state index in [2.05, 4.69) is 32.5 Å². The molecule has 4 N–H and O–H groups in total. The minimum atomic E-state index is -0.454. The van der Waals surface area contributed by atoms with Gasteiger partial charge >= 0.3 is 0 Å². The number of rotatable bonds is 4. The van der Waals surface area contributed by atoms with E-state index in [0.717, 1.165) is 48.8 Å². The van der Waals surface area contributed by atoms with Crippen LogP contribution in [-0.2, 0) is 0 Å². The third kappa shape index (κ3) is 3.22. The van der Waals surface area contributed by atoms with Gasteiger partial charge in [-0.25, -0.2) is 4.98 Å². The van der Waals surface area contributed by atoms with Crippen LogP contribution in [0, 0.1) is 17.8 Å². The number of amides is 1. The van der Waals surface area contributed by atoms with Crippen LogP contribution >= 0.6 is 0 Å². The molecule has 176 valence electrons. The molecule has 7 heteroatoms. The number of fused-ring (bicyclic) bond motifs is 3. The molecule has 2 aliphatic heterocycles. The second-order valence-electron chi connectivity index (χ2n) is 11.8. The van der Waals surface area contributed by atoms with Gasteiger partial charge in [-0.15, -0.1) is 0 Å². The number of pyridine rings is 1. The Bertz CT molecular complexity index is 1070. The fourth-order valence-electron chi connectivity index (χ4n) is 8.51. The normalized spacial score (nSPS) is 41.6. The van der Waals surface area contributed by atoms with Gasteiger partial charge in [0, 0.05) is 41.9 Å². The highest BCUT2D eigenvalue weighted by atomic mass is 16.3. The van der Waals surface area contributed by atoms with Crippen molar-refractivity contribution in [1.82, 2.24) is 20.2 Å². The van der Waals surface area contributed by atoms with Gasteiger partial charge < -0.3 is 25.6 Å². The molecule has 0 radical (unpaired) electrons. The SMILES string of the molecule is CN1[C@H]2CC[C@H]1CC(NC(=O)c1cnc3[nH]ccc3c1NC1C3CC4CC1CC(O)(C4)C3)C2. The molecule has 4 heterocycles. The lowest BCUT2D eigenvalue weighted by Gasteiger charge is -2.58. The number of aromatic nitrogens is 2. The Kier molecular flexibility index (Phi) is 4.42. The molecular formula is C26H35N5O2. The van der Waals surface area contributed by atoms with Gasteiger partial charge in [0.2, 0.25) is 0 Å². The van der Waals surface area contributed by atoms with Crippen molar-refractivity contribution >= 4 is 22.6 Å². The van der Waals surface area contributed by atoms with Gasteiger partial charge in [0.15, 0.2) is 0 Å². The molecule has 0 aromatic carbocycles. The maximum atomic E-state index is 13.6. The molecule has 7 nitrogen and oxygen atoms in total. The van der Waals surface area contributed by atoms with Crippen molar-refractivity contribution in [3.8, 4) is 0 Å². The van der Waals surface area contributed by atoms with Crippen LogP contribution in [-0.4, -0.2) is 62.7 Å². The van der Waals surface area contributed by atoms with Crippen molar-refractivity contribution in [1.29, 1.82) is 0 Å². The van der Waals surface area contributed by atoms with E-state index in [1.807, 2.05) is 12.3 Å². The van der Waals surface area contributed by atoms with Crippen LogP contribution in [0.4, 0.5) is 5.69 Å². The highest BCUT2D eigenvalue weighted by Crippen LogP contribution is 2.56. The number of carbonyl (C=O) groups excluding carboxylic acids is 1.